The van der Waals surface area contributed by atoms with Crippen LogP contribution in [-0.4, -0.2) is 25.0 Å². The Labute approximate surface area is 168 Å². The first-order valence-electron chi connectivity index (χ1n) is 9.17. The summed E-state index contributed by atoms with van der Waals surface area (Å²) in [6, 6.07) is 12.2. The predicted octanol–water partition coefficient (Wildman–Crippen LogP) is 5.02. The standard InChI is InChI=1S/C21H25BrN2O3/c1-3-5-12-23-20(25)15-6-9-17(10-7-15)24-21(26)18-14-16(22)8-11-19(18)27-13-4-2/h6-11,14H,3-5,12-13H2,1-2H3,(H,23,25)(H,24,26). The molecule has 2 N–H and O–H groups in total. The summed E-state index contributed by atoms with van der Waals surface area (Å²) < 4.78 is 6.46. The van der Waals surface area contributed by atoms with Gasteiger partial charge in [0, 0.05) is 22.3 Å². The van der Waals surface area contributed by atoms with Crippen LogP contribution in [0.1, 0.15) is 53.8 Å². The van der Waals surface area contributed by atoms with Crippen molar-refractivity contribution >= 4 is 33.4 Å². The van der Waals surface area contributed by atoms with Crippen molar-refractivity contribution in [3.8, 4) is 5.75 Å². The van der Waals surface area contributed by atoms with Crippen LogP contribution in [0.3, 0.4) is 0 Å². The van der Waals surface area contributed by atoms with E-state index in [9.17, 15) is 9.59 Å². The van der Waals surface area contributed by atoms with Crippen molar-refractivity contribution < 1.29 is 14.3 Å². The number of rotatable bonds is 9. The van der Waals surface area contributed by atoms with Gasteiger partial charge in [0.25, 0.3) is 11.8 Å². The Balaban J connectivity index is 2.05. The van der Waals surface area contributed by atoms with Crippen molar-refractivity contribution in [1.29, 1.82) is 0 Å². The highest BCUT2D eigenvalue weighted by Crippen LogP contribution is 2.24. The van der Waals surface area contributed by atoms with Gasteiger partial charge in [-0.1, -0.05) is 36.2 Å². The quantitative estimate of drug-likeness (QED) is 0.546. The van der Waals surface area contributed by atoms with Gasteiger partial charge in [-0.2, -0.15) is 0 Å². The fourth-order valence-electron chi connectivity index (χ4n) is 2.40. The minimum Gasteiger partial charge on any atom is -0.493 e. The molecular weight excluding hydrogens is 408 g/mol. The normalized spacial score (nSPS) is 10.3. The second-order valence-electron chi connectivity index (χ2n) is 6.13. The zero-order valence-electron chi connectivity index (χ0n) is 15.7. The van der Waals surface area contributed by atoms with E-state index in [1.807, 2.05) is 13.0 Å². The molecule has 5 nitrogen and oxygen atoms in total. The Hall–Kier alpha value is -2.34. The average molecular weight is 433 g/mol. The summed E-state index contributed by atoms with van der Waals surface area (Å²) in [5.74, 6) is 0.176. The maximum absolute atomic E-state index is 12.7. The van der Waals surface area contributed by atoms with E-state index in [1.54, 1.807) is 36.4 Å². The lowest BCUT2D eigenvalue weighted by Gasteiger charge is -2.12. The summed E-state index contributed by atoms with van der Waals surface area (Å²) in [7, 11) is 0. The van der Waals surface area contributed by atoms with Crippen molar-refractivity contribution in [2.75, 3.05) is 18.5 Å². The summed E-state index contributed by atoms with van der Waals surface area (Å²) in [6.07, 6.45) is 2.85. The molecule has 0 atom stereocenters. The molecule has 2 aromatic carbocycles. The van der Waals surface area contributed by atoms with Crippen molar-refractivity contribution in [3.63, 3.8) is 0 Å². The highest BCUT2D eigenvalue weighted by atomic mass is 79.9. The molecule has 0 saturated carbocycles. The average Bonchev–Trinajstić information content (AvgIpc) is 2.67. The van der Waals surface area contributed by atoms with Crippen molar-refractivity contribution in [2.45, 2.75) is 33.1 Å². The zero-order valence-corrected chi connectivity index (χ0v) is 17.3. The van der Waals surface area contributed by atoms with Gasteiger partial charge in [0.15, 0.2) is 0 Å². The number of carbonyl (C=O) groups excluding carboxylic acids is 2. The molecule has 0 aliphatic carbocycles. The molecule has 0 radical (unpaired) electrons. The van der Waals surface area contributed by atoms with E-state index >= 15 is 0 Å². The number of nitrogens with one attached hydrogen (secondary N) is 2. The van der Waals surface area contributed by atoms with Gasteiger partial charge >= 0.3 is 0 Å². The lowest BCUT2D eigenvalue weighted by molar-refractivity contribution is 0.0952. The summed E-state index contributed by atoms with van der Waals surface area (Å²) >= 11 is 3.39. The molecule has 0 unspecified atom stereocenters. The molecule has 0 bridgehead atoms. The monoisotopic (exact) mass is 432 g/mol. The molecule has 144 valence electrons. The molecule has 2 rings (SSSR count). The van der Waals surface area contributed by atoms with Crippen LogP contribution in [-0.2, 0) is 0 Å². The van der Waals surface area contributed by atoms with Crippen molar-refractivity contribution in [2.24, 2.45) is 0 Å². The summed E-state index contributed by atoms with van der Waals surface area (Å²) in [6.45, 7) is 5.30. The maximum Gasteiger partial charge on any atom is 0.259 e. The van der Waals surface area contributed by atoms with Crippen LogP contribution in [0.15, 0.2) is 46.9 Å². The molecule has 0 aromatic heterocycles. The van der Waals surface area contributed by atoms with Gasteiger partial charge in [0.2, 0.25) is 0 Å². The fraction of sp³-hybridized carbons (Fsp3) is 0.333. The van der Waals surface area contributed by atoms with E-state index in [2.05, 4.69) is 33.5 Å². The van der Waals surface area contributed by atoms with Gasteiger partial charge in [-0.25, -0.2) is 0 Å². The number of halogens is 1. The Bertz CT molecular complexity index is 775. The van der Waals surface area contributed by atoms with Gasteiger partial charge in [-0.15, -0.1) is 0 Å². The van der Waals surface area contributed by atoms with Gasteiger partial charge in [0.05, 0.1) is 12.2 Å². The SMILES string of the molecule is CCCCNC(=O)c1ccc(NC(=O)c2cc(Br)ccc2OCCC)cc1. The second-order valence-corrected chi connectivity index (χ2v) is 7.05. The van der Waals surface area contributed by atoms with Crippen LogP contribution in [0.25, 0.3) is 0 Å². The molecule has 0 aliphatic heterocycles. The molecule has 6 heteroatoms. The number of benzene rings is 2. The number of hydrogen-bond acceptors (Lipinski definition) is 3. The lowest BCUT2D eigenvalue weighted by Crippen LogP contribution is -2.24. The third kappa shape index (κ3) is 6.40. The van der Waals surface area contributed by atoms with E-state index in [0.29, 0.717) is 35.7 Å². The van der Waals surface area contributed by atoms with Crippen LogP contribution in [0.4, 0.5) is 5.69 Å². The zero-order chi connectivity index (χ0) is 19.6. The first kappa shape index (κ1) is 21.0. The maximum atomic E-state index is 12.7. The molecule has 27 heavy (non-hydrogen) atoms. The van der Waals surface area contributed by atoms with Gasteiger partial charge in [-0.05, 0) is 55.3 Å². The Kier molecular flexibility index (Phi) is 8.33. The highest BCUT2D eigenvalue weighted by Gasteiger charge is 2.14. The molecule has 0 saturated heterocycles. The van der Waals surface area contributed by atoms with Crippen LogP contribution in [0.5, 0.6) is 5.75 Å². The van der Waals surface area contributed by atoms with E-state index in [0.717, 1.165) is 23.7 Å². The first-order chi connectivity index (χ1) is 13.0. The lowest BCUT2D eigenvalue weighted by atomic mass is 10.1. The third-order valence-corrected chi connectivity index (χ3v) is 4.36. The second kappa shape index (κ2) is 10.7. The molecule has 0 spiro atoms. The topological polar surface area (TPSA) is 67.4 Å². The number of ether oxygens (including phenoxy) is 1. The number of amides is 2. The van der Waals surface area contributed by atoms with E-state index in [-0.39, 0.29) is 11.8 Å². The van der Waals surface area contributed by atoms with Gasteiger partial charge < -0.3 is 15.4 Å². The summed E-state index contributed by atoms with van der Waals surface area (Å²) in [5, 5.41) is 5.72. The number of carbonyl (C=O) groups is 2. The Morgan fingerprint density at radius 2 is 1.74 bits per heavy atom. The summed E-state index contributed by atoms with van der Waals surface area (Å²) in [5.41, 5.74) is 1.64. The van der Waals surface area contributed by atoms with E-state index in [1.165, 1.54) is 0 Å². The number of unbranched alkanes of at least 4 members (excludes halogenated alkanes) is 1. The highest BCUT2D eigenvalue weighted by molar-refractivity contribution is 9.10. The molecule has 2 amide bonds. The number of anilines is 1. The minimum atomic E-state index is -0.262. The van der Waals surface area contributed by atoms with Crippen LogP contribution < -0.4 is 15.4 Å². The third-order valence-electron chi connectivity index (χ3n) is 3.87. The van der Waals surface area contributed by atoms with Gasteiger partial charge in [0.1, 0.15) is 5.75 Å². The van der Waals surface area contributed by atoms with Gasteiger partial charge in [-0.3, -0.25) is 9.59 Å². The Morgan fingerprint density at radius 1 is 1.00 bits per heavy atom. The van der Waals surface area contributed by atoms with Crippen LogP contribution in [0.2, 0.25) is 0 Å². The van der Waals surface area contributed by atoms with Crippen LogP contribution in [0, 0.1) is 0 Å². The smallest absolute Gasteiger partial charge is 0.259 e. The fourth-order valence-corrected chi connectivity index (χ4v) is 2.76. The van der Waals surface area contributed by atoms with E-state index in [4.69, 9.17) is 4.74 Å². The molecular formula is C21H25BrN2O3. The molecule has 0 aliphatic rings. The van der Waals surface area contributed by atoms with Crippen molar-refractivity contribution in [3.05, 3.63) is 58.1 Å². The minimum absolute atomic E-state index is 0.108. The Morgan fingerprint density at radius 3 is 2.41 bits per heavy atom. The first-order valence-corrected chi connectivity index (χ1v) is 9.96. The molecule has 0 heterocycles. The van der Waals surface area contributed by atoms with Crippen LogP contribution >= 0.6 is 15.9 Å². The van der Waals surface area contributed by atoms with Crippen molar-refractivity contribution in [1.82, 2.24) is 5.32 Å². The summed E-state index contributed by atoms with van der Waals surface area (Å²) in [4.78, 5) is 24.7. The molecule has 2 aromatic rings. The number of hydrogen-bond donors (Lipinski definition) is 2. The molecule has 0 fully saturated rings. The predicted molar refractivity (Wildman–Crippen MR) is 112 cm³/mol. The van der Waals surface area contributed by atoms with E-state index < -0.39 is 0 Å². The largest absolute Gasteiger partial charge is 0.493 e.